The largest absolute Gasteiger partial charge is 0.303 e. The zero-order valence-corrected chi connectivity index (χ0v) is 8.26. The minimum absolute atomic E-state index is 0.417. The number of benzene rings is 1. The third-order valence-corrected chi connectivity index (χ3v) is 2.78. The van der Waals surface area contributed by atoms with Crippen LogP contribution < -0.4 is 0 Å². The van der Waals surface area contributed by atoms with Gasteiger partial charge in [0.15, 0.2) is 0 Å². The van der Waals surface area contributed by atoms with Crippen molar-refractivity contribution in [2.24, 2.45) is 0 Å². The van der Waals surface area contributed by atoms with Crippen molar-refractivity contribution >= 4 is 17.3 Å². The van der Waals surface area contributed by atoms with Crippen LogP contribution in [0, 0.1) is 0 Å². The summed E-state index contributed by atoms with van der Waals surface area (Å²) in [6.07, 6.45) is 3.71. The summed E-state index contributed by atoms with van der Waals surface area (Å²) in [5.41, 5.74) is 2.89. The second-order valence-corrected chi connectivity index (χ2v) is 3.92. The topological polar surface area (TPSA) is 47.8 Å². The van der Waals surface area contributed by atoms with E-state index in [2.05, 4.69) is 10.3 Å². The maximum atomic E-state index is 10.5. The summed E-state index contributed by atoms with van der Waals surface area (Å²) in [5, 5.41) is 8.30. The molecule has 0 atom stereocenters. The summed E-state index contributed by atoms with van der Waals surface area (Å²) < 4.78 is 1.98. The van der Waals surface area contributed by atoms with Crippen LogP contribution in [0.4, 0.5) is 0 Å². The van der Waals surface area contributed by atoms with Gasteiger partial charge in [-0.3, -0.25) is 0 Å². The lowest BCUT2D eigenvalue weighted by Gasteiger charge is -1.99. The fourth-order valence-electron chi connectivity index (χ4n) is 1.86. The molecule has 0 unspecified atom stereocenters. The van der Waals surface area contributed by atoms with E-state index in [1.165, 1.54) is 12.8 Å². The van der Waals surface area contributed by atoms with Gasteiger partial charge in [0.05, 0.1) is 11.6 Å². The molecule has 1 saturated carbocycles. The number of nitrogens with zero attached hydrogens (tertiary/aromatic N) is 3. The molecule has 0 aliphatic heterocycles. The summed E-state index contributed by atoms with van der Waals surface area (Å²) in [7, 11) is 0. The van der Waals surface area contributed by atoms with E-state index < -0.39 is 0 Å². The highest BCUT2D eigenvalue weighted by molar-refractivity contribution is 5.80. The molecule has 0 amide bonds. The van der Waals surface area contributed by atoms with Gasteiger partial charge in [-0.05, 0) is 24.5 Å². The molecule has 0 saturated heterocycles. The molecule has 0 spiro atoms. The quantitative estimate of drug-likeness (QED) is 0.707. The normalized spacial score (nSPS) is 15.7. The molecule has 4 nitrogen and oxygen atoms in total. The average molecular weight is 201 g/mol. The predicted octanol–water partition coefficient (Wildman–Crippen LogP) is 1.51. The fourth-order valence-corrected chi connectivity index (χ4v) is 1.86. The first kappa shape index (κ1) is 8.59. The molecular weight excluding hydrogens is 190 g/mol. The van der Waals surface area contributed by atoms with E-state index in [4.69, 9.17) is 0 Å². The molecule has 1 aromatic carbocycles. The molecule has 0 radical (unpaired) electrons. The van der Waals surface area contributed by atoms with E-state index in [-0.39, 0.29) is 0 Å². The zero-order chi connectivity index (χ0) is 10.3. The number of fused-ring (bicyclic) bond motifs is 1. The van der Waals surface area contributed by atoms with Gasteiger partial charge in [0.1, 0.15) is 11.8 Å². The monoisotopic (exact) mass is 201 g/mol. The number of carbonyl (C=O) groups is 1. The minimum atomic E-state index is 0.417. The Hall–Kier alpha value is -1.71. The molecule has 3 rings (SSSR count). The molecule has 1 aliphatic carbocycles. The van der Waals surface area contributed by atoms with Crippen LogP contribution in [-0.2, 0) is 11.2 Å². The van der Waals surface area contributed by atoms with Gasteiger partial charge in [0, 0.05) is 6.42 Å². The lowest BCUT2D eigenvalue weighted by Crippen LogP contribution is -1.95. The molecule has 2 aromatic rings. The Labute approximate surface area is 86.9 Å². The van der Waals surface area contributed by atoms with Crippen LogP contribution >= 0.6 is 0 Å². The molecule has 0 N–H and O–H groups in total. The summed E-state index contributed by atoms with van der Waals surface area (Å²) >= 11 is 0. The van der Waals surface area contributed by atoms with Gasteiger partial charge in [-0.25, -0.2) is 4.68 Å². The van der Waals surface area contributed by atoms with Gasteiger partial charge < -0.3 is 4.79 Å². The number of aromatic nitrogens is 3. The van der Waals surface area contributed by atoms with E-state index in [0.717, 1.165) is 22.9 Å². The summed E-state index contributed by atoms with van der Waals surface area (Å²) in [6, 6.07) is 6.44. The van der Waals surface area contributed by atoms with Crippen LogP contribution in [0.3, 0.4) is 0 Å². The molecule has 1 aromatic heterocycles. The van der Waals surface area contributed by atoms with Crippen LogP contribution in [0.5, 0.6) is 0 Å². The minimum Gasteiger partial charge on any atom is -0.303 e. The lowest BCUT2D eigenvalue weighted by molar-refractivity contribution is -0.107. The molecule has 76 valence electrons. The summed E-state index contributed by atoms with van der Waals surface area (Å²) in [4.78, 5) is 10.5. The molecule has 1 fully saturated rings. The highest BCUT2D eigenvalue weighted by Gasteiger charge is 2.26. The van der Waals surface area contributed by atoms with E-state index in [1.54, 1.807) is 0 Å². The predicted molar refractivity (Wildman–Crippen MR) is 55.6 cm³/mol. The van der Waals surface area contributed by atoms with Crippen molar-refractivity contribution in [3.8, 4) is 0 Å². The third-order valence-electron chi connectivity index (χ3n) is 2.78. The number of aldehydes is 1. The Morgan fingerprint density at radius 2 is 2.33 bits per heavy atom. The Kier molecular flexibility index (Phi) is 1.80. The molecule has 15 heavy (non-hydrogen) atoms. The number of hydrogen-bond donors (Lipinski definition) is 0. The van der Waals surface area contributed by atoms with Crippen LogP contribution in [0.2, 0.25) is 0 Å². The highest BCUT2D eigenvalue weighted by atomic mass is 16.1. The van der Waals surface area contributed by atoms with Gasteiger partial charge in [-0.1, -0.05) is 17.3 Å². The SMILES string of the molecule is O=CCc1cccc2c1nnn2C1CC1. The standard InChI is InChI=1S/C11H11N3O/c15-7-6-8-2-1-3-10-11(8)12-13-14(10)9-4-5-9/h1-3,7,9H,4-6H2. The van der Waals surface area contributed by atoms with E-state index >= 15 is 0 Å². The van der Waals surface area contributed by atoms with Gasteiger partial charge in [-0.2, -0.15) is 0 Å². The van der Waals surface area contributed by atoms with Crippen LogP contribution in [0.1, 0.15) is 24.4 Å². The molecular formula is C11H11N3O. The first-order valence-electron chi connectivity index (χ1n) is 5.16. The van der Waals surface area contributed by atoms with Crippen molar-refractivity contribution in [2.75, 3.05) is 0 Å². The van der Waals surface area contributed by atoms with Gasteiger partial charge >= 0.3 is 0 Å². The van der Waals surface area contributed by atoms with Crippen molar-refractivity contribution in [2.45, 2.75) is 25.3 Å². The number of rotatable bonds is 3. The van der Waals surface area contributed by atoms with Crippen LogP contribution in [0.25, 0.3) is 11.0 Å². The van der Waals surface area contributed by atoms with E-state index in [9.17, 15) is 4.79 Å². The molecule has 0 bridgehead atoms. The Morgan fingerprint density at radius 3 is 3.07 bits per heavy atom. The Balaban J connectivity index is 2.18. The zero-order valence-electron chi connectivity index (χ0n) is 8.26. The second-order valence-electron chi connectivity index (χ2n) is 3.92. The van der Waals surface area contributed by atoms with Crippen molar-refractivity contribution < 1.29 is 4.79 Å². The highest BCUT2D eigenvalue weighted by Crippen LogP contribution is 2.36. The molecule has 1 heterocycles. The van der Waals surface area contributed by atoms with Gasteiger partial charge in [0.2, 0.25) is 0 Å². The van der Waals surface area contributed by atoms with Crippen molar-refractivity contribution in [1.82, 2.24) is 15.0 Å². The Morgan fingerprint density at radius 1 is 1.47 bits per heavy atom. The van der Waals surface area contributed by atoms with Crippen molar-refractivity contribution in [1.29, 1.82) is 0 Å². The second kappa shape index (κ2) is 3.15. The molecule has 4 heteroatoms. The van der Waals surface area contributed by atoms with Crippen LogP contribution in [-0.4, -0.2) is 21.3 Å². The van der Waals surface area contributed by atoms with Gasteiger partial charge in [-0.15, -0.1) is 5.10 Å². The van der Waals surface area contributed by atoms with Crippen LogP contribution in [0.15, 0.2) is 18.2 Å². The Bertz CT molecular complexity index is 514. The first-order chi connectivity index (χ1) is 7.40. The summed E-state index contributed by atoms with van der Waals surface area (Å²) in [6.45, 7) is 0. The maximum Gasteiger partial charge on any atom is 0.124 e. The van der Waals surface area contributed by atoms with Crippen molar-refractivity contribution in [3.63, 3.8) is 0 Å². The molecule has 1 aliphatic rings. The average Bonchev–Trinajstić information content (AvgIpc) is 3.00. The summed E-state index contributed by atoms with van der Waals surface area (Å²) in [5.74, 6) is 0. The van der Waals surface area contributed by atoms with E-state index in [1.807, 2.05) is 22.9 Å². The third kappa shape index (κ3) is 1.33. The lowest BCUT2D eigenvalue weighted by atomic mass is 10.1. The van der Waals surface area contributed by atoms with Crippen molar-refractivity contribution in [3.05, 3.63) is 23.8 Å². The van der Waals surface area contributed by atoms with E-state index in [0.29, 0.717) is 12.5 Å². The number of carbonyl (C=O) groups excluding carboxylic acids is 1. The first-order valence-corrected chi connectivity index (χ1v) is 5.16. The number of hydrogen-bond acceptors (Lipinski definition) is 3. The van der Waals surface area contributed by atoms with Gasteiger partial charge in [0.25, 0.3) is 0 Å². The fraction of sp³-hybridized carbons (Fsp3) is 0.364. The smallest absolute Gasteiger partial charge is 0.124 e. The maximum absolute atomic E-state index is 10.5.